The van der Waals surface area contributed by atoms with Gasteiger partial charge in [0.25, 0.3) is 0 Å². The van der Waals surface area contributed by atoms with Gasteiger partial charge in [-0.05, 0) is 23.8 Å². The molecule has 0 unspecified atom stereocenters. The third-order valence-corrected chi connectivity index (χ3v) is 3.26. The molecule has 3 rings (SSSR count). The third-order valence-electron chi connectivity index (χ3n) is 3.26. The standard InChI is InChI=1S/C17H14N2O3/c1-21-16-8-7-13(10-18-16)6-5-12-3-2-4-14(9-12)15-11-22-17(20)19-15/h2-4,7-10,15H,11H2,1H3,(H,19,20)/t15-/m0/s1. The van der Waals surface area contributed by atoms with Crippen LogP contribution < -0.4 is 10.1 Å². The maximum absolute atomic E-state index is 11.1. The van der Waals surface area contributed by atoms with E-state index >= 15 is 0 Å². The zero-order valence-corrected chi connectivity index (χ0v) is 12.0. The van der Waals surface area contributed by atoms with E-state index < -0.39 is 0 Å². The van der Waals surface area contributed by atoms with Gasteiger partial charge in [-0.1, -0.05) is 24.0 Å². The molecule has 1 atom stereocenters. The molecule has 5 nitrogen and oxygen atoms in total. The second-order valence-electron chi connectivity index (χ2n) is 4.76. The van der Waals surface area contributed by atoms with Crippen molar-refractivity contribution in [1.82, 2.24) is 10.3 Å². The summed E-state index contributed by atoms with van der Waals surface area (Å²) in [5.74, 6) is 6.70. The molecule has 2 heterocycles. The molecule has 2 aromatic rings. The van der Waals surface area contributed by atoms with Gasteiger partial charge in [-0.2, -0.15) is 0 Å². The first-order valence-corrected chi connectivity index (χ1v) is 6.80. The monoisotopic (exact) mass is 294 g/mol. The molecule has 110 valence electrons. The highest BCUT2D eigenvalue weighted by atomic mass is 16.6. The van der Waals surface area contributed by atoms with Crippen LogP contribution >= 0.6 is 0 Å². The van der Waals surface area contributed by atoms with Crippen molar-refractivity contribution >= 4 is 6.09 Å². The summed E-state index contributed by atoms with van der Waals surface area (Å²) in [6.07, 6.45) is 1.28. The number of hydrogen-bond donors (Lipinski definition) is 1. The van der Waals surface area contributed by atoms with Crippen molar-refractivity contribution in [3.63, 3.8) is 0 Å². The van der Waals surface area contributed by atoms with Crippen LogP contribution in [0, 0.1) is 11.8 Å². The maximum atomic E-state index is 11.1. The van der Waals surface area contributed by atoms with Crippen molar-refractivity contribution < 1.29 is 14.3 Å². The smallest absolute Gasteiger partial charge is 0.407 e. The van der Waals surface area contributed by atoms with Gasteiger partial charge in [-0.25, -0.2) is 9.78 Å². The highest BCUT2D eigenvalue weighted by Crippen LogP contribution is 2.18. The van der Waals surface area contributed by atoms with Crippen molar-refractivity contribution in [2.24, 2.45) is 0 Å². The first-order valence-electron chi connectivity index (χ1n) is 6.80. The lowest BCUT2D eigenvalue weighted by Gasteiger charge is -2.07. The van der Waals surface area contributed by atoms with Crippen LogP contribution in [0.15, 0.2) is 42.6 Å². The van der Waals surface area contributed by atoms with E-state index in [-0.39, 0.29) is 12.1 Å². The Hall–Kier alpha value is -3.00. The summed E-state index contributed by atoms with van der Waals surface area (Å²) >= 11 is 0. The Morgan fingerprint density at radius 1 is 1.27 bits per heavy atom. The number of amides is 1. The van der Waals surface area contributed by atoms with Crippen LogP contribution in [-0.2, 0) is 4.74 Å². The number of hydrogen-bond acceptors (Lipinski definition) is 4. The number of benzene rings is 1. The Balaban J connectivity index is 1.78. The van der Waals surface area contributed by atoms with Crippen LogP contribution in [0.5, 0.6) is 5.88 Å². The molecule has 1 aromatic heterocycles. The zero-order valence-electron chi connectivity index (χ0n) is 12.0. The number of nitrogens with one attached hydrogen (secondary N) is 1. The van der Waals surface area contributed by atoms with E-state index in [1.807, 2.05) is 30.3 Å². The van der Waals surface area contributed by atoms with Gasteiger partial charge in [-0.3, -0.25) is 0 Å². The highest BCUT2D eigenvalue weighted by Gasteiger charge is 2.23. The highest BCUT2D eigenvalue weighted by molar-refractivity contribution is 5.70. The van der Waals surface area contributed by atoms with Crippen LogP contribution in [0.2, 0.25) is 0 Å². The number of methoxy groups -OCH3 is 1. The van der Waals surface area contributed by atoms with E-state index in [2.05, 4.69) is 22.1 Å². The van der Waals surface area contributed by atoms with E-state index in [9.17, 15) is 4.79 Å². The molecule has 1 aliphatic heterocycles. The molecular weight excluding hydrogens is 280 g/mol. The van der Waals surface area contributed by atoms with Gasteiger partial charge in [0, 0.05) is 23.4 Å². The lowest BCUT2D eigenvalue weighted by molar-refractivity contribution is 0.177. The summed E-state index contributed by atoms with van der Waals surface area (Å²) in [6, 6.07) is 11.2. The zero-order chi connectivity index (χ0) is 15.4. The van der Waals surface area contributed by atoms with Crippen molar-refractivity contribution in [2.75, 3.05) is 13.7 Å². The summed E-state index contributed by atoms with van der Waals surface area (Å²) in [5.41, 5.74) is 2.66. The van der Waals surface area contributed by atoms with Crippen LogP contribution in [0.4, 0.5) is 4.79 Å². The lowest BCUT2D eigenvalue weighted by Crippen LogP contribution is -2.18. The lowest BCUT2D eigenvalue weighted by atomic mass is 10.0. The van der Waals surface area contributed by atoms with Crippen molar-refractivity contribution in [3.05, 3.63) is 59.3 Å². The minimum absolute atomic E-state index is 0.114. The van der Waals surface area contributed by atoms with Gasteiger partial charge in [0.1, 0.15) is 6.61 Å². The predicted octanol–water partition coefficient (Wildman–Crippen LogP) is 2.27. The molecule has 0 bridgehead atoms. The average molecular weight is 294 g/mol. The summed E-state index contributed by atoms with van der Waals surface area (Å²) in [7, 11) is 1.57. The minimum Gasteiger partial charge on any atom is -0.481 e. The number of nitrogens with zero attached hydrogens (tertiary/aromatic N) is 1. The summed E-state index contributed by atoms with van der Waals surface area (Å²) in [5, 5.41) is 2.75. The Morgan fingerprint density at radius 2 is 2.14 bits per heavy atom. The Morgan fingerprint density at radius 3 is 2.82 bits per heavy atom. The summed E-state index contributed by atoms with van der Waals surface area (Å²) < 4.78 is 9.91. The molecule has 0 saturated carbocycles. The van der Waals surface area contributed by atoms with Gasteiger partial charge >= 0.3 is 6.09 Å². The average Bonchev–Trinajstić information content (AvgIpc) is 3.00. The Kier molecular flexibility index (Phi) is 3.92. The molecule has 1 fully saturated rings. The van der Waals surface area contributed by atoms with Crippen molar-refractivity contribution in [2.45, 2.75) is 6.04 Å². The second kappa shape index (κ2) is 6.19. The first kappa shape index (κ1) is 14.0. The molecule has 1 saturated heterocycles. The molecule has 22 heavy (non-hydrogen) atoms. The van der Waals surface area contributed by atoms with Gasteiger partial charge in [0.05, 0.1) is 13.2 Å². The molecule has 0 spiro atoms. The predicted molar refractivity (Wildman–Crippen MR) is 80.4 cm³/mol. The van der Waals surface area contributed by atoms with Gasteiger partial charge in [-0.15, -0.1) is 0 Å². The molecule has 1 N–H and O–H groups in total. The van der Waals surface area contributed by atoms with Crippen molar-refractivity contribution in [3.8, 4) is 17.7 Å². The van der Waals surface area contributed by atoms with E-state index in [4.69, 9.17) is 9.47 Å². The van der Waals surface area contributed by atoms with Crippen LogP contribution in [-0.4, -0.2) is 24.8 Å². The van der Waals surface area contributed by atoms with E-state index in [1.165, 1.54) is 0 Å². The Bertz CT molecular complexity index is 744. The minimum atomic E-state index is -0.384. The topological polar surface area (TPSA) is 60.5 Å². The largest absolute Gasteiger partial charge is 0.481 e. The fourth-order valence-electron chi connectivity index (χ4n) is 2.12. The van der Waals surface area contributed by atoms with E-state index in [0.717, 1.165) is 16.7 Å². The number of aromatic nitrogens is 1. The van der Waals surface area contributed by atoms with Gasteiger partial charge in [0.2, 0.25) is 5.88 Å². The number of alkyl carbamates (subject to hydrolysis) is 1. The molecule has 5 heteroatoms. The van der Waals surface area contributed by atoms with Crippen molar-refractivity contribution in [1.29, 1.82) is 0 Å². The molecular formula is C17H14N2O3. The van der Waals surface area contributed by atoms with Crippen LogP contribution in [0.1, 0.15) is 22.7 Å². The normalized spacial score (nSPS) is 16.2. The fraction of sp³-hybridized carbons (Fsp3) is 0.176. The quantitative estimate of drug-likeness (QED) is 0.863. The fourth-order valence-corrected chi connectivity index (χ4v) is 2.12. The number of carbonyl (C=O) groups excluding carboxylic acids is 1. The number of cyclic esters (lactones) is 1. The number of ether oxygens (including phenoxy) is 2. The second-order valence-corrected chi connectivity index (χ2v) is 4.76. The van der Waals surface area contributed by atoms with Crippen LogP contribution in [0.25, 0.3) is 0 Å². The first-order chi connectivity index (χ1) is 10.7. The SMILES string of the molecule is COc1ccc(C#Cc2cccc([C@@H]3COC(=O)N3)c2)cn1. The summed E-state index contributed by atoms with van der Waals surface area (Å²) in [6.45, 7) is 0.345. The number of pyridine rings is 1. The van der Waals surface area contributed by atoms with Crippen LogP contribution in [0.3, 0.4) is 0 Å². The van der Waals surface area contributed by atoms with Gasteiger partial charge in [0.15, 0.2) is 0 Å². The van der Waals surface area contributed by atoms with Gasteiger partial charge < -0.3 is 14.8 Å². The molecule has 1 amide bonds. The van der Waals surface area contributed by atoms with E-state index in [1.54, 1.807) is 19.4 Å². The maximum Gasteiger partial charge on any atom is 0.407 e. The Labute approximate surface area is 128 Å². The molecule has 0 radical (unpaired) electrons. The molecule has 1 aromatic carbocycles. The third kappa shape index (κ3) is 3.18. The number of rotatable bonds is 2. The molecule has 1 aliphatic rings. The summed E-state index contributed by atoms with van der Waals surface area (Å²) in [4.78, 5) is 15.2. The number of carbonyl (C=O) groups is 1. The molecule has 0 aliphatic carbocycles. The van der Waals surface area contributed by atoms with E-state index in [0.29, 0.717) is 12.5 Å².